The molecule has 0 aromatic carbocycles. The molecule has 1 heterocycles. The van der Waals surface area contributed by atoms with E-state index < -0.39 is 5.97 Å². The molecule has 2 fully saturated rings. The molecular weight excluding hydrogens is 196 g/mol. The van der Waals surface area contributed by atoms with Gasteiger partial charge in [0.25, 0.3) is 0 Å². The van der Waals surface area contributed by atoms with Gasteiger partial charge in [-0.05, 0) is 12.8 Å². The molecular formula is C10H16N2O3. The van der Waals surface area contributed by atoms with Gasteiger partial charge in [0.05, 0.1) is 6.54 Å². The Morgan fingerprint density at radius 1 is 1.33 bits per heavy atom. The molecule has 5 nitrogen and oxygen atoms in total. The van der Waals surface area contributed by atoms with Crippen molar-refractivity contribution in [2.75, 3.05) is 26.2 Å². The number of carboxylic acid groups (broad SMARTS) is 1. The topological polar surface area (TPSA) is 69.6 Å². The molecule has 1 aliphatic heterocycles. The monoisotopic (exact) mass is 212 g/mol. The van der Waals surface area contributed by atoms with Gasteiger partial charge in [0.1, 0.15) is 0 Å². The summed E-state index contributed by atoms with van der Waals surface area (Å²) in [6.45, 7) is 2.29. The van der Waals surface area contributed by atoms with Crippen LogP contribution in [0.4, 0.5) is 0 Å². The fourth-order valence-corrected chi connectivity index (χ4v) is 1.85. The summed E-state index contributed by atoms with van der Waals surface area (Å²) >= 11 is 0. The SMILES string of the molecule is O=C(O)CNCC1CN(C(=O)C2CC2)C1. The standard InChI is InChI=1S/C10H16N2O3/c13-9(14)4-11-3-7-5-12(6-7)10(15)8-1-2-8/h7-8,11H,1-6H2,(H,13,14). The van der Waals surface area contributed by atoms with Crippen LogP contribution < -0.4 is 5.32 Å². The Balaban J connectivity index is 1.57. The molecule has 1 amide bonds. The van der Waals surface area contributed by atoms with E-state index in [0.29, 0.717) is 24.3 Å². The van der Waals surface area contributed by atoms with Crippen LogP contribution in [0.25, 0.3) is 0 Å². The quantitative estimate of drug-likeness (QED) is 0.646. The molecule has 0 bridgehead atoms. The lowest BCUT2D eigenvalue weighted by Crippen LogP contribution is -2.54. The van der Waals surface area contributed by atoms with Crippen molar-refractivity contribution in [1.82, 2.24) is 10.2 Å². The molecule has 15 heavy (non-hydrogen) atoms. The van der Waals surface area contributed by atoms with Gasteiger partial charge in [0, 0.05) is 31.5 Å². The molecule has 1 saturated heterocycles. The summed E-state index contributed by atoms with van der Waals surface area (Å²) < 4.78 is 0. The van der Waals surface area contributed by atoms with Gasteiger partial charge in [0.2, 0.25) is 5.91 Å². The van der Waals surface area contributed by atoms with Crippen molar-refractivity contribution in [1.29, 1.82) is 0 Å². The van der Waals surface area contributed by atoms with E-state index in [1.54, 1.807) is 0 Å². The highest BCUT2D eigenvalue weighted by Crippen LogP contribution is 2.33. The molecule has 0 atom stereocenters. The summed E-state index contributed by atoms with van der Waals surface area (Å²) in [6, 6.07) is 0. The van der Waals surface area contributed by atoms with Gasteiger partial charge in [-0.1, -0.05) is 0 Å². The predicted molar refractivity (Wildman–Crippen MR) is 53.3 cm³/mol. The number of nitrogens with zero attached hydrogens (tertiary/aromatic N) is 1. The minimum Gasteiger partial charge on any atom is -0.480 e. The molecule has 1 saturated carbocycles. The maximum absolute atomic E-state index is 11.5. The average molecular weight is 212 g/mol. The van der Waals surface area contributed by atoms with Crippen LogP contribution in [-0.4, -0.2) is 48.1 Å². The van der Waals surface area contributed by atoms with E-state index in [9.17, 15) is 9.59 Å². The van der Waals surface area contributed by atoms with E-state index in [0.717, 1.165) is 25.9 Å². The Morgan fingerprint density at radius 2 is 2.00 bits per heavy atom. The van der Waals surface area contributed by atoms with Crippen molar-refractivity contribution in [3.05, 3.63) is 0 Å². The number of likely N-dealkylation sites (tertiary alicyclic amines) is 1. The van der Waals surface area contributed by atoms with Crippen molar-refractivity contribution in [3.63, 3.8) is 0 Å². The summed E-state index contributed by atoms with van der Waals surface area (Å²) in [5, 5.41) is 11.3. The Bertz CT molecular complexity index is 270. The van der Waals surface area contributed by atoms with Crippen LogP contribution in [0.3, 0.4) is 0 Å². The second-order valence-electron chi connectivity index (χ2n) is 4.41. The summed E-state index contributed by atoms with van der Waals surface area (Å²) in [4.78, 5) is 23.6. The smallest absolute Gasteiger partial charge is 0.317 e. The van der Waals surface area contributed by atoms with Crippen molar-refractivity contribution < 1.29 is 14.7 Å². The maximum Gasteiger partial charge on any atom is 0.317 e. The molecule has 0 aromatic rings. The third kappa shape index (κ3) is 2.68. The summed E-state index contributed by atoms with van der Waals surface area (Å²) in [5.41, 5.74) is 0. The first-order valence-corrected chi connectivity index (χ1v) is 5.38. The summed E-state index contributed by atoms with van der Waals surface area (Å²) in [7, 11) is 0. The number of hydrogen-bond donors (Lipinski definition) is 2. The van der Waals surface area contributed by atoms with Crippen LogP contribution >= 0.6 is 0 Å². The Labute approximate surface area is 88.4 Å². The lowest BCUT2D eigenvalue weighted by Gasteiger charge is -2.39. The minimum absolute atomic E-state index is 0.00702. The van der Waals surface area contributed by atoms with Crippen LogP contribution in [0.15, 0.2) is 0 Å². The number of aliphatic carboxylic acids is 1. The molecule has 0 unspecified atom stereocenters. The lowest BCUT2D eigenvalue weighted by atomic mass is 9.99. The predicted octanol–water partition coefficient (Wildman–Crippen LogP) is -0.471. The van der Waals surface area contributed by atoms with Gasteiger partial charge in [0.15, 0.2) is 0 Å². The van der Waals surface area contributed by atoms with E-state index in [-0.39, 0.29) is 6.54 Å². The molecule has 2 N–H and O–H groups in total. The molecule has 5 heteroatoms. The first kappa shape index (κ1) is 10.4. The largest absolute Gasteiger partial charge is 0.480 e. The zero-order valence-electron chi connectivity index (χ0n) is 8.61. The number of carbonyl (C=O) groups excluding carboxylic acids is 1. The van der Waals surface area contributed by atoms with Gasteiger partial charge in [-0.3, -0.25) is 9.59 Å². The zero-order valence-corrected chi connectivity index (χ0v) is 8.61. The maximum atomic E-state index is 11.5. The number of carboxylic acids is 1. The number of carbonyl (C=O) groups is 2. The van der Waals surface area contributed by atoms with E-state index in [1.807, 2.05) is 4.90 Å². The van der Waals surface area contributed by atoms with Gasteiger partial charge in [-0.15, -0.1) is 0 Å². The van der Waals surface area contributed by atoms with Crippen LogP contribution in [-0.2, 0) is 9.59 Å². The van der Waals surface area contributed by atoms with Crippen LogP contribution in [0, 0.1) is 11.8 Å². The molecule has 0 radical (unpaired) electrons. The Hall–Kier alpha value is -1.10. The third-order valence-electron chi connectivity index (χ3n) is 2.90. The third-order valence-corrected chi connectivity index (χ3v) is 2.90. The lowest BCUT2D eigenvalue weighted by molar-refractivity contribution is -0.139. The number of amides is 1. The highest BCUT2D eigenvalue weighted by molar-refractivity contribution is 5.81. The second kappa shape index (κ2) is 4.18. The second-order valence-corrected chi connectivity index (χ2v) is 4.41. The van der Waals surface area contributed by atoms with Crippen molar-refractivity contribution in [3.8, 4) is 0 Å². The minimum atomic E-state index is -0.833. The fourth-order valence-electron chi connectivity index (χ4n) is 1.85. The molecule has 84 valence electrons. The van der Waals surface area contributed by atoms with E-state index in [1.165, 1.54) is 0 Å². The van der Waals surface area contributed by atoms with Gasteiger partial charge in [-0.25, -0.2) is 0 Å². The van der Waals surface area contributed by atoms with E-state index in [2.05, 4.69) is 5.32 Å². The van der Waals surface area contributed by atoms with Crippen LogP contribution in [0.1, 0.15) is 12.8 Å². The molecule has 0 aromatic heterocycles. The van der Waals surface area contributed by atoms with Crippen LogP contribution in [0.5, 0.6) is 0 Å². The Morgan fingerprint density at radius 3 is 2.53 bits per heavy atom. The number of hydrogen-bond acceptors (Lipinski definition) is 3. The average Bonchev–Trinajstić information content (AvgIpc) is 2.90. The summed E-state index contributed by atoms with van der Waals surface area (Å²) in [5.74, 6) is 0.203. The summed E-state index contributed by atoms with van der Waals surface area (Å²) in [6.07, 6.45) is 2.11. The van der Waals surface area contributed by atoms with Crippen molar-refractivity contribution in [2.45, 2.75) is 12.8 Å². The van der Waals surface area contributed by atoms with Crippen molar-refractivity contribution in [2.24, 2.45) is 11.8 Å². The molecule has 2 rings (SSSR count). The Kier molecular flexibility index (Phi) is 2.90. The molecule has 2 aliphatic rings. The number of nitrogens with one attached hydrogen (secondary N) is 1. The fraction of sp³-hybridized carbons (Fsp3) is 0.800. The highest BCUT2D eigenvalue weighted by Gasteiger charge is 2.38. The van der Waals surface area contributed by atoms with Gasteiger partial charge >= 0.3 is 5.97 Å². The van der Waals surface area contributed by atoms with E-state index >= 15 is 0 Å². The number of rotatable bonds is 5. The molecule has 0 spiro atoms. The normalized spacial score (nSPS) is 21.2. The van der Waals surface area contributed by atoms with E-state index in [4.69, 9.17) is 5.11 Å². The first-order valence-electron chi connectivity index (χ1n) is 5.38. The van der Waals surface area contributed by atoms with Gasteiger partial charge < -0.3 is 15.3 Å². The van der Waals surface area contributed by atoms with Crippen molar-refractivity contribution >= 4 is 11.9 Å². The van der Waals surface area contributed by atoms with Crippen LogP contribution in [0.2, 0.25) is 0 Å². The zero-order chi connectivity index (χ0) is 10.8. The molecule has 1 aliphatic carbocycles. The highest BCUT2D eigenvalue weighted by atomic mass is 16.4. The van der Waals surface area contributed by atoms with Gasteiger partial charge in [-0.2, -0.15) is 0 Å². The first-order chi connectivity index (χ1) is 7.16.